The van der Waals surface area contributed by atoms with Crippen molar-refractivity contribution in [1.82, 2.24) is 14.9 Å². The molecule has 0 saturated carbocycles. The lowest BCUT2D eigenvalue weighted by Crippen LogP contribution is -2.54. The first-order valence-electron chi connectivity index (χ1n) is 9.33. The van der Waals surface area contributed by atoms with Crippen LogP contribution >= 0.6 is 0 Å². The number of aromatic nitrogens is 2. The summed E-state index contributed by atoms with van der Waals surface area (Å²) in [5.41, 5.74) is 1.94. The molecule has 1 aromatic carbocycles. The fourth-order valence-corrected chi connectivity index (χ4v) is 3.74. The Hall–Kier alpha value is -2.96. The molecule has 2 saturated heterocycles. The molecule has 2 aromatic rings. The first-order valence-corrected chi connectivity index (χ1v) is 9.33. The summed E-state index contributed by atoms with van der Waals surface area (Å²) < 4.78 is 0. The molecule has 0 N–H and O–H groups in total. The zero-order valence-electron chi connectivity index (χ0n) is 15.4. The predicted octanol–water partition coefficient (Wildman–Crippen LogP) is 1.63. The summed E-state index contributed by atoms with van der Waals surface area (Å²) in [4.78, 5) is 39.7. The third kappa shape index (κ3) is 3.49. The molecule has 0 spiro atoms. The number of nitrogens with zero attached hydrogens (tertiary/aromatic N) is 5. The SMILES string of the molecule is Cc1ccc(N2C(=O)CCC2C(=O)N2CCN(c3ncccn3)CC2)cc1. The third-order valence-electron chi connectivity index (χ3n) is 5.24. The fraction of sp³-hybridized carbons (Fsp3) is 0.400. The molecule has 1 aromatic heterocycles. The Balaban J connectivity index is 1.44. The van der Waals surface area contributed by atoms with Crippen molar-refractivity contribution in [2.45, 2.75) is 25.8 Å². The second-order valence-corrected chi connectivity index (χ2v) is 7.01. The minimum atomic E-state index is -0.403. The molecule has 0 bridgehead atoms. The van der Waals surface area contributed by atoms with Gasteiger partial charge in [-0.15, -0.1) is 0 Å². The van der Waals surface area contributed by atoms with Gasteiger partial charge in [0.15, 0.2) is 0 Å². The number of benzene rings is 1. The van der Waals surface area contributed by atoms with Crippen LogP contribution in [0.1, 0.15) is 18.4 Å². The largest absolute Gasteiger partial charge is 0.337 e. The highest BCUT2D eigenvalue weighted by Gasteiger charge is 2.39. The molecule has 27 heavy (non-hydrogen) atoms. The standard InChI is InChI=1S/C20H23N5O2/c1-15-3-5-16(6-4-15)25-17(7-8-18(25)26)19(27)23-11-13-24(14-12-23)20-21-9-2-10-22-20/h2-6,9-10,17H,7-8,11-14H2,1H3. The van der Waals surface area contributed by atoms with E-state index in [1.54, 1.807) is 23.4 Å². The number of amides is 2. The van der Waals surface area contributed by atoms with Gasteiger partial charge in [-0.2, -0.15) is 0 Å². The van der Waals surface area contributed by atoms with Gasteiger partial charge in [0.25, 0.3) is 0 Å². The number of carbonyl (C=O) groups excluding carboxylic acids is 2. The number of aryl methyl sites for hydroxylation is 1. The summed E-state index contributed by atoms with van der Waals surface area (Å²) >= 11 is 0. The number of hydrogen-bond acceptors (Lipinski definition) is 5. The van der Waals surface area contributed by atoms with Gasteiger partial charge in [0.05, 0.1) is 0 Å². The van der Waals surface area contributed by atoms with Gasteiger partial charge in [-0.3, -0.25) is 14.5 Å². The summed E-state index contributed by atoms with van der Waals surface area (Å²) in [6.07, 6.45) is 4.45. The summed E-state index contributed by atoms with van der Waals surface area (Å²) in [6, 6.07) is 9.18. The Morgan fingerprint density at radius 1 is 1.04 bits per heavy atom. The molecule has 2 fully saturated rings. The predicted molar refractivity (Wildman–Crippen MR) is 103 cm³/mol. The maximum absolute atomic E-state index is 13.1. The van der Waals surface area contributed by atoms with Crippen molar-refractivity contribution in [3.05, 3.63) is 48.3 Å². The first kappa shape index (κ1) is 17.5. The summed E-state index contributed by atoms with van der Waals surface area (Å²) in [5, 5.41) is 0. The second kappa shape index (κ2) is 7.34. The van der Waals surface area contributed by atoms with Gasteiger partial charge in [-0.1, -0.05) is 17.7 Å². The highest BCUT2D eigenvalue weighted by atomic mass is 16.2. The Morgan fingerprint density at radius 2 is 1.70 bits per heavy atom. The molecule has 1 atom stereocenters. The number of rotatable bonds is 3. The average molecular weight is 365 g/mol. The van der Waals surface area contributed by atoms with E-state index < -0.39 is 6.04 Å². The zero-order valence-corrected chi connectivity index (χ0v) is 15.4. The maximum atomic E-state index is 13.1. The lowest BCUT2D eigenvalue weighted by atomic mass is 10.1. The zero-order chi connectivity index (χ0) is 18.8. The second-order valence-electron chi connectivity index (χ2n) is 7.01. The van der Waals surface area contributed by atoms with Crippen LogP contribution in [-0.4, -0.2) is 58.9 Å². The molecule has 4 rings (SSSR count). The smallest absolute Gasteiger partial charge is 0.245 e. The lowest BCUT2D eigenvalue weighted by molar-refractivity contribution is -0.133. The average Bonchev–Trinajstić information content (AvgIpc) is 3.10. The van der Waals surface area contributed by atoms with Crippen LogP contribution in [0.3, 0.4) is 0 Å². The van der Waals surface area contributed by atoms with Crippen LogP contribution in [0, 0.1) is 6.92 Å². The molecule has 0 aliphatic carbocycles. The minimum Gasteiger partial charge on any atom is -0.337 e. The van der Waals surface area contributed by atoms with Crippen molar-refractivity contribution in [1.29, 1.82) is 0 Å². The van der Waals surface area contributed by atoms with Crippen LogP contribution in [0.2, 0.25) is 0 Å². The third-order valence-corrected chi connectivity index (χ3v) is 5.24. The number of anilines is 2. The molecule has 7 nitrogen and oxygen atoms in total. The van der Waals surface area contributed by atoms with Crippen LogP contribution in [0.15, 0.2) is 42.7 Å². The van der Waals surface area contributed by atoms with E-state index in [-0.39, 0.29) is 11.8 Å². The van der Waals surface area contributed by atoms with E-state index in [0.29, 0.717) is 45.0 Å². The summed E-state index contributed by atoms with van der Waals surface area (Å²) in [7, 11) is 0. The topological polar surface area (TPSA) is 69.6 Å². The van der Waals surface area contributed by atoms with Gasteiger partial charge in [-0.25, -0.2) is 9.97 Å². The van der Waals surface area contributed by atoms with E-state index in [9.17, 15) is 9.59 Å². The van der Waals surface area contributed by atoms with Crippen molar-refractivity contribution in [3.8, 4) is 0 Å². The maximum Gasteiger partial charge on any atom is 0.245 e. The van der Waals surface area contributed by atoms with Gasteiger partial charge in [0, 0.05) is 50.7 Å². The number of piperazine rings is 1. The van der Waals surface area contributed by atoms with Gasteiger partial charge >= 0.3 is 0 Å². The molecule has 140 valence electrons. The molecule has 1 unspecified atom stereocenters. The van der Waals surface area contributed by atoms with E-state index in [2.05, 4.69) is 14.9 Å². The van der Waals surface area contributed by atoms with E-state index in [1.807, 2.05) is 36.1 Å². The Morgan fingerprint density at radius 3 is 2.37 bits per heavy atom. The van der Waals surface area contributed by atoms with Crippen molar-refractivity contribution >= 4 is 23.5 Å². The van der Waals surface area contributed by atoms with Crippen molar-refractivity contribution < 1.29 is 9.59 Å². The van der Waals surface area contributed by atoms with Gasteiger partial charge in [0.2, 0.25) is 17.8 Å². The Labute approximate surface area is 158 Å². The summed E-state index contributed by atoms with van der Waals surface area (Å²) in [6.45, 7) is 4.63. The van der Waals surface area contributed by atoms with E-state index in [4.69, 9.17) is 0 Å². The highest BCUT2D eigenvalue weighted by molar-refractivity contribution is 6.03. The van der Waals surface area contributed by atoms with Crippen LogP contribution in [-0.2, 0) is 9.59 Å². The monoisotopic (exact) mass is 365 g/mol. The molecule has 7 heteroatoms. The fourth-order valence-electron chi connectivity index (χ4n) is 3.74. The van der Waals surface area contributed by atoms with Crippen molar-refractivity contribution in [3.63, 3.8) is 0 Å². The van der Waals surface area contributed by atoms with E-state index in [0.717, 1.165) is 11.3 Å². The quantitative estimate of drug-likeness (QED) is 0.827. The van der Waals surface area contributed by atoms with E-state index in [1.165, 1.54) is 0 Å². The molecular weight excluding hydrogens is 342 g/mol. The Bertz CT molecular complexity index is 816. The highest BCUT2D eigenvalue weighted by Crippen LogP contribution is 2.28. The summed E-state index contributed by atoms with van der Waals surface area (Å²) in [5.74, 6) is 0.755. The normalized spacial score (nSPS) is 20.3. The Kier molecular flexibility index (Phi) is 4.75. The molecule has 3 heterocycles. The van der Waals surface area contributed by atoms with E-state index >= 15 is 0 Å². The first-order chi connectivity index (χ1) is 13.1. The molecule has 2 aliphatic heterocycles. The van der Waals surface area contributed by atoms with Gasteiger partial charge < -0.3 is 9.80 Å². The molecule has 2 amide bonds. The van der Waals surface area contributed by atoms with Crippen molar-refractivity contribution in [2.24, 2.45) is 0 Å². The van der Waals surface area contributed by atoms with Crippen molar-refractivity contribution in [2.75, 3.05) is 36.0 Å². The van der Waals surface area contributed by atoms with Crippen LogP contribution in [0.4, 0.5) is 11.6 Å². The molecule has 2 aliphatic rings. The molecule has 0 radical (unpaired) electrons. The minimum absolute atomic E-state index is 0.0218. The van der Waals surface area contributed by atoms with Gasteiger partial charge in [0.1, 0.15) is 6.04 Å². The lowest BCUT2D eigenvalue weighted by Gasteiger charge is -2.37. The van der Waals surface area contributed by atoms with Gasteiger partial charge in [-0.05, 0) is 31.5 Å². The van der Waals surface area contributed by atoms with Crippen LogP contribution in [0.5, 0.6) is 0 Å². The van der Waals surface area contributed by atoms with Crippen LogP contribution < -0.4 is 9.80 Å². The number of hydrogen-bond donors (Lipinski definition) is 0. The number of carbonyl (C=O) groups is 2. The molecular formula is C20H23N5O2. The van der Waals surface area contributed by atoms with Crippen LogP contribution in [0.25, 0.3) is 0 Å².